The van der Waals surface area contributed by atoms with Crippen molar-refractivity contribution in [1.82, 2.24) is 0 Å². The SMILES string of the molecule is C=Cc1ccc(COc2c(F)c(F)c(F)c(F)c2F)c2c1O2. The van der Waals surface area contributed by atoms with E-state index < -0.39 is 41.4 Å². The molecule has 1 heterocycles. The first-order chi connectivity index (χ1) is 10.5. The van der Waals surface area contributed by atoms with E-state index in [0.717, 1.165) is 5.56 Å². The minimum Gasteiger partial charge on any atom is -0.483 e. The molecular weight excluding hydrogens is 307 g/mol. The molecule has 0 fully saturated rings. The zero-order chi connectivity index (χ0) is 16.0. The minimum atomic E-state index is -2.23. The maximum atomic E-state index is 13.4. The van der Waals surface area contributed by atoms with E-state index in [1.54, 1.807) is 18.2 Å². The van der Waals surface area contributed by atoms with Crippen molar-refractivity contribution < 1.29 is 31.4 Å². The van der Waals surface area contributed by atoms with Crippen molar-refractivity contribution in [2.45, 2.75) is 6.61 Å². The maximum Gasteiger partial charge on any atom is 0.207 e. The van der Waals surface area contributed by atoms with Crippen LogP contribution in [0.4, 0.5) is 22.0 Å². The smallest absolute Gasteiger partial charge is 0.207 e. The summed E-state index contributed by atoms with van der Waals surface area (Å²) in [4.78, 5) is 0. The van der Waals surface area contributed by atoms with Crippen LogP contribution in [-0.2, 0) is 6.61 Å². The molecule has 2 aromatic rings. The van der Waals surface area contributed by atoms with Gasteiger partial charge in [-0.15, -0.1) is 0 Å². The van der Waals surface area contributed by atoms with Crippen LogP contribution in [0.2, 0.25) is 0 Å². The van der Waals surface area contributed by atoms with Gasteiger partial charge in [0.15, 0.2) is 17.2 Å². The van der Waals surface area contributed by atoms with E-state index in [2.05, 4.69) is 6.58 Å². The topological polar surface area (TPSA) is 21.8 Å². The number of ether oxygens (including phenoxy) is 2. The third-order valence-corrected chi connectivity index (χ3v) is 3.15. The highest BCUT2D eigenvalue weighted by Crippen LogP contribution is 2.51. The van der Waals surface area contributed by atoms with Crippen LogP contribution in [0.15, 0.2) is 18.7 Å². The number of rotatable bonds is 4. The fourth-order valence-corrected chi connectivity index (χ4v) is 1.96. The molecule has 114 valence electrons. The van der Waals surface area contributed by atoms with E-state index in [4.69, 9.17) is 9.47 Å². The first-order valence-electron chi connectivity index (χ1n) is 6.06. The van der Waals surface area contributed by atoms with E-state index in [1.807, 2.05) is 0 Å². The molecule has 7 heteroatoms. The lowest BCUT2D eigenvalue weighted by Crippen LogP contribution is -2.06. The lowest BCUT2D eigenvalue weighted by molar-refractivity contribution is 0.253. The van der Waals surface area contributed by atoms with Crippen LogP contribution in [0, 0.1) is 29.1 Å². The molecule has 2 aromatic carbocycles. The molecule has 0 saturated carbocycles. The van der Waals surface area contributed by atoms with Gasteiger partial charge >= 0.3 is 0 Å². The van der Waals surface area contributed by atoms with Gasteiger partial charge in [-0.3, -0.25) is 0 Å². The Kier molecular flexibility index (Phi) is 3.27. The highest BCUT2D eigenvalue weighted by Gasteiger charge is 2.30. The van der Waals surface area contributed by atoms with Crippen LogP contribution in [-0.4, -0.2) is 0 Å². The van der Waals surface area contributed by atoms with Gasteiger partial charge in [0.2, 0.25) is 29.1 Å². The third kappa shape index (κ3) is 2.09. The molecule has 0 radical (unpaired) electrons. The van der Waals surface area contributed by atoms with Gasteiger partial charge in [0.25, 0.3) is 0 Å². The Bertz CT molecular complexity index is 772. The van der Waals surface area contributed by atoms with E-state index in [1.165, 1.54) is 0 Å². The average Bonchev–Trinajstić information content (AvgIpc) is 3.31. The highest BCUT2D eigenvalue weighted by molar-refractivity contribution is 5.71. The summed E-state index contributed by atoms with van der Waals surface area (Å²) >= 11 is 0. The van der Waals surface area contributed by atoms with Gasteiger partial charge in [-0.25, -0.2) is 13.2 Å². The lowest BCUT2D eigenvalue weighted by Gasteiger charge is -2.09. The fraction of sp³-hybridized carbons (Fsp3) is 0.0667. The van der Waals surface area contributed by atoms with Crippen LogP contribution < -0.4 is 9.47 Å². The van der Waals surface area contributed by atoms with Crippen LogP contribution in [0.1, 0.15) is 11.1 Å². The van der Waals surface area contributed by atoms with E-state index in [9.17, 15) is 22.0 Å². The molecule has 0 atom stereocenters. The Labute approximate surface area is 121 Å². The van der Waals surface area contributed by atoms with Crippen LogP contribution >= 0.6 is 0 Å². The predicted molar refractivity (Wildman–Crippen MR) is 67.2 cm³/mol. The minimum absolute atomic E-state index is 0.405. The van der Waals surface area contributed by atoms with Crippen LogP contribution in [0.25, 0.3) is 6.08 Å². The lowest BCUT2D eigenvalue weighted by atomic mass is 10.1. The summed E-state index contributed by atoms with van der Waals surface area (Å²) in [5, 5.41) is 0. The second-order valence-corrected chi connectivity index (χ2v) is 4.47. The van der Waals surface area contributed by atoms with Crippen molar-refractivity contribution in [3.63, 3.8) is 0 Å². The Balaban J connectivity index is 1.88. The molecule has 2 nitrogen and oxygen atoms in total. The number of hydrogen-bond donors (Lipinski definition) is 0. The Morgan fingerprint density at radius 2 is 1.50 bits per heavy atom. The van der Waals surface area contributed by atoms with Crippen molar-refractivity contribution in [3.05, 3.63) is 58.9 Å². The molecule has 0 saturated heterocycles. The second-order valence-electron chi connectivity index (χ2n) is 4.47. The summed E-state index contributed by atoms with van der Waals surface area (Å²) in [5.41, 5.74) is 1.15. The van der Waals surface area contributed by atoms with Gasteiger partial charge < -0.3 is 9.47 Å². The summed E-state index contributed by atoms with van der Waals surface area (Å²) in [6, 6.07) is 3.19. The first-order valence-corrected chi connectivity index (χ1v) is 6.06. The molecule has 0 bridgehead atoms. The Morgan fingerprint density at radius 1 is 0.909 bits per heavy atom. The molecular formula is C15H7F5O2. The number of hydrogen-bond acceptors (Lipinski definition) is 2. The monoisotopic (exact) mass is 314 g/mol. The van der Waals surface area contributed by atoms with Crippen molar-refractivity contribution in [1.29, 1.82) is 0 Å². The largest absolute Gasteiger partial charge is 0.483 e. The Morgan fingerprint density at radius 3 is 2.09 bits per heavy atom. The van der Waals surface area contributed by atoms with Gasteiger partial charge in [0.1, 0.15) is 6.61 Å². The van der Waals surface area contributed by atoms with E-state index in [0.29, 0.717) is 17.1 Å². The zero-order valence-electron chi connectivity index (χ0n) is 10.9. The second kappa shape index (κ2) is 5.01. The summed E-state index contributed by atoms with van der Waals surface area (Å²) < 4.78 is 75.8. The molecule has 0 amide bonds. The summed E-state index contributed by atoms with van der Waals surface area (Å²) in [6.45, 7) is 3.17. The van der Waals surface area contributed by atoms with Crippen molar-refractivity contribution in [3.8, 4) is 17.2 Å². The molecule has 3 rings (SSSR count). The fourth-order valence-electron chi connectivity index (χ4n) is 1.96. The first kappa shape index (κ1) is 14.4. The Hall–Kier alpha value is -2.57. The van der Waals surface area contributed by atoms with Gasteiger partial charge in [-0.05, 0) is 0 Å². The molecule has 1 aliphatic rings. The van der Waals surface area contributed by atoms with Crippen molar-refractivity contribution >= 4 is 6.08 Å². The number of benzene rings is 2. The molecule has 0 aromatic heterocycles. The van der Waals surface area contributed by atoms with Gasteiger partial charge in [0.05, 0.1) is 0 Å². The van der Waals surface area contributed by atoms with Gasteiger partial charge in [0, 0.05) is 11.1 Å². The van der Waals surface area contributed by atoms with Crippen LogP contribution in [0.3, 0.4) is 0 Å². The number of fused-ring (bicyclic) bond motifs is 1. The molecule has 0 aliphatic carbocycles. The normalized spacial score (nSPS) is 11.7. The number of halogens is 5. The van der Waals surface area contributed by atoms with Gasteiger partial charge in [-0.1, -0.05) is 24.8 Å². The van der Waals surface area contributed by atoms with Crippen molar-refractivity contribution in [2.24, 2.45) is 0 Å². The highest BCUT2D eigenvalue weighted by atomic mass is 19.2. The van der Waals surface area contributed by atoms with Gasteiger partial charge in [-0.2, -0.15) is 8.78 Å². The third-order valence-electron chi connectivity index (χ3n) is 3.15. The zero-order valence-corrected chi connectivity index (χ0v) is 10.9. The summed E-state index contributed by atoms with van der Waals surface area (Å²) in [7, 11) is 0. The van der Waals surface area contributed by atoms with Crippen LogP contribution in [0.5, 0.6) is 17.2 Å². The summed E-state index contributed by atoms with van der Waals surface area (Å²) in [6.07, 6.45) is 1.56. The maximum absolute atomic E-state index is 13.4. The standard InChI is InChI=1S/C15H7F5O2/c1-2-6-3-4-7(14-13(6)22-14)5-21-15-11(19)9(17)8(16)10(18)12(15)20/h2-4H,1,5H2. The quantitative estimate of drug-likeness (QED) is 0.301. The molecule has 0 spiro atoms. The molecule has 22 heavy (non-hydrogen) atoms. The van der Waals surface area contributed by atoms with E-state index in [-0.39, 0.29) is 0 Å². The van der Waals surface area contributed by atoms with E-state index >= 15 is 0 Å². The molecule has 0 unspecified atom stereocenters. The molecule has 0 N–H and O–H groups in total. The summed E-state index contributed by atoms with van der Waals surface area (Å²) in [5.74, 6) is -10.7. The predicted octanol–water partition coefficient (Wildman–Crippen LogP) is 4.71. The van der Waals surface area contributed by atoms with Crippen molar-refractivity contribution in [2.75, 3.05) is 0 Å². The molecule has 1 aliphatic heterocycles. The average molecular weight is 314 g/mol.